The van der Waals surface area contributed by atoms with Gasteiger partial charge in [0.05, 0.1) is 32.2 Å². The van der Waals surface area contributed by atoms with Crippen molar-refractivity contribution in [3.05, 3.63) is 0 Å². The molecule has 1 unspecified atom stereocenters. The number of ether oxygens (including phenoxy) is 5. The minimum Gasteiger partial charge on any atom is -0.465 e. The fourth-order valence-corrected chi connectivity index (χ4v) is 4.44. The third-order valence-electron chi connectivity index (χ3n) is 7.35. The molecule has 0 aromatic rings. The largest absolute Gasteiger partial charge is 0.508 e. The number of aliphatic hydroxyl groups excluding tert-OH is 1. The van der Waals surface area contributed by atoms with E-state index in [0.717, 1.165) is 58.2 Å². The molecule has 42 heavy (non-hydrogen) atoms. The highest BCUT2D eigenvalue weighted by Gasteiger charge is 2.17. The molecule has 0 aromatic heterocycles. The molecule has 0 aliphatic rings. The molecule has 0 bridgehead atoms. The normalized spacial score (nSPS) is 12.2. The van der Waals surface area contributed by atoms with Crippen LogP contribution in [0.15, 0.2) is 0 Å². The molecule has 9 heteroatoms. The van der Waals surface area contributed by atoms with Crippen molar-refractivity contribution in [3.8, 4) is 0 Å². The monoisotopic (exact) mass is 603 g/mol. The Morgan fingerprint density at radius 1 is 0.643 bits per heavy atom. The lowest BCUT2D eigenvalue weighted by Crippen LogP contribution is -2.25. The van der Waals surface area contributed by atoms with Gasteiger partial charge in [-0.25, -0.2) is 4.79 Å². The first kappa shape index (κ1) is 40.6. The van der Waals surface area contributed by atoms with Gasteiger partial charge in [-0.3, -0.25) is 4.79 Å². The van der Waals surface area contributed by atoms with Gasteiger partial charge < -0.3 is 33.7 Å². The number of unbranched alkanes of at least 4 members (excludes halogenated alkanes) is 11. The van der Waals surface area contributed by atoms with Crippen LogP contribution in [0.5, 0.6) is 0 Å². The van der Waals surface area contributed by atoms with Gasteiger partial charge in [-0.2, -0.15) is 0 Å². The molecule has 0 saturated heterocycles. The molecule has 0 heterocycles. The van der Waals surface area contributed by atoms with E-state index < -0.39 is 18.4 Å². The summed E-state index contributed by atoms with van der Waals surface area (Å²) in [5, 5.41) is 9.62. The number of esters is 1. The second kappa shape index (κ2) is 31.0. The van der Waals surface area contributed by atoms with Gasteiger partial charge in [-0.15, -0.1) is 0 Å². The topological polar surface area (TPSA) is 104 Å². The highest BCUT2D eigenvalue weighted by molar-refractivity contribution is 5.69. The molecule has 0 spiro atoms. The van der Waals surface area contributed by atoms with Crippen LogP contribution in [0.25, 0.3) is 0 Å². The summed E-state index contributed by atoms with van der Waals surface area (Å²) in [6.45, 7) is 12.8. The van der Waals surface area contributed by atoms with E-state index in [4.69, 9.17) is 23.7 Å². The van der Waals surface area contributed by atoms with Crippen LogP contribution in [0.4, 0.5) is 4.79 Å². The number of carbonyl (C=O) groups is 2. The average molecular weight is 604 g/mol. The Kier molecular flexibility index (Phi) is 30.0. The Bertz CT molecular complexity index is 585. The fourth-order valence-electron chi connectivity index (χ4n) is 4.44. The van der Waals surface area contributed by atoms with Crippen molar-refractivity contribution in [2.75, 3.05) is 59.3 Å². The Labute approximate surface area is 257 Å². The molecular formula is C33H65NO8. The molecular weight excluding hydrogens is 538 g/mol. The second-order valence-corrected chi connectivity index (χ2v) is 11.1. The van der Waals surface area contributed by atoms with Crippen LogP contribution in [0.3, 0.4) is 0 Å². The minimum atomic E-state index is -0.768. The summed E-state index contributed by atoms with van der Waals surface area (Å²) in [6.07, 6.45) is 15.3. The summed E-state index contributed by atoms with van der Waals surface area (Å²) >= 11 is 0. The molecule has 1 N–H and O–H groups in total. The van der Waals surface area contributed by atoms with Crippen LogP contribution in [0.2, 0.25) is 0 Å². The number of hydrogen-bond acceptors (Lipinski definition) is 9. The van der Waals surface area contributed by atoms with E-state index in [2.05, 4.69) is 32.6 Å². The maximum Gasteiger partial charge on any atom is 0.508 e. The summed E-state index contributed by atoms with van der Waals surface area (Å²) in [6, 6.07) is 0. The quantitative estimate of drug-likeness (QED) is 0.0497. The van der Waals surface area contributed by atoms with Gasteiger partial charge in [-0.1, -0.05) is 91.9 Å². The van der Waals surface area contributed by atoms with Crippen LogP contribution in [-0.4, -0.2) is 87.7 Å². The lowest BCUT2D eigenvalue weighted by Gasteiger charge is -2.19. The summed E-state index contributed by atoms with van der Waals surface area (Å²) < 4.78 is 27.5. The second-order valence-electron chi connectivity index (χ2n) is 11.1. The molecule has 0 aliphatic carbocycles. The van der Waals surface area contributed by atoms with E-state index in [9.17, 15) is 14.7 Å². The average Bonchev–Trinajstić information content (AvgIpc) is 3.00. The standard InChI is InChI=1S/C33H65NO8/c1-5-9-11-13-15-18-24-38-32(39-25-19-16-14-12-10-6-2)22-21-31(36)41-28-30(27-35)29-42-33(37)40-26-20-17-23-34(7-3)8-4/h30,32,35H,5-29H2,1-4H3. The van der Waals surface area contributed by atoms with E-state index in [0.29, 0.717) is 26.2 Å². The zero-order valence-electron chi connectivity index (χ0n) is 27.6. The molecule has 0 radical (unpaired) electrons. The first-order valence-electron chi connectivity index (χ1n) is 17.0. The maximum absolute atomic E-state index is 12.4. The lowest BCUT2D eigenvalue weighted by molar-refractivity contribution is -0.160. The molecule has 250 valence electrons. The molecule has 1 atom stereocenters. The number of rotatable bonds is 31. The number of carbonyl (C=O) groups excluding carboxylic acids is 2. The molecule has 0 aliphatic heterocycles. The van der Waals surface area contributed by atoms with Gasteiger partial charge in [0, 0.05) is 19.6 Å². The van der Waals surface area contributed by atoms with Gasteiger partial charge in [0.25, 0.3) is 0 Å². The molecule has 0 saturated carbocycles. The van der Waals surface area contributed by atoms with Crippen LogP contribution >= 0.6 is 0 Å². The number of aliphatic hydroxyl groups is 1. The van der Waals surface area contributed by atoms with E-state index in [1.807, 2.05) is 0 Å². The Balaban J connectivity index is 4.27. The van der Waals surface area contributed by atoms with E-state index >= 15 is 0 Å². The van der Waals surface area contributed by atoms with Crippen molar-refractivity contribution in [1.29, 1.82) is 0 Å². The van der Waals surface area contributed by atoms with Crippen LogP contribution in [0, 0.1) is 5.92 Å². The van der Waals surface area contributed by atoms with Gasteiger partial charge in [0.2, 0.25) is 0 Å². The summed E-state index contributed by atoms with van der Waals surface area (Å²) in [5.41, 5.74) is 0. The predicted octanol–water partition coefficient (Wildman–Crippen LogP) is 7.27. The van der Waals surface area contributed by atoms with Gasteiger partial charge in [0.15, 0.2) is 6.29 Å². The third kappa shape index (κ3) is 26.2. The highest BCUT2D eigenvalue weighted by Crippen LogP contribution is 2.12. The number of hydrogen-bond donors (Lipinski definition) is 1. The summed E-state index contributed by atoms with van der Waals surface area (Å²) in [5.74, 6) is -0.895. The molecule has 0 fully saturated rings. The van der Waals surface area contributed by atoms with Gasteiger partial charge >= 0.3 is 12.1 Å². The van der Waals surface area contributed by atoms with Crippen LogP contribution < -0.4 is 0 Å². The van der Waals surface area contributed by atoms with Crippen molar-refractivity contribution in [2.45, 2.75) is 137 Å². The Morgan fingerprint density at radius 2 is 1.17 bits per heavy atom. The van der Waals surface area contributed by atoms with Crippen LogP contribution in [0.1, 0.15) is 130 Å². The minimum absolute atomic E-state index is 0.0333. The van der Waals surface area contributed by atoms with Gasteiger partial charge in [0.1, 0.15) is 6.61 Å². The van der Waals surface area contributed by atoms with Crippen molar-refractivity contribution < 1.29 is 38.4 Å². The molecule has 0 rings (SSSR count). The smallest absolute Gasteiger partial charge is 0.465 e. The van der Waals surface area contributed by atoms with Gasteiger partial charge in [-0.05, 0) is 45.3 Å². The Morgan fingerprint density at radius 3 is 1.71 bits per heavy atom. The third-order valence-corrected chi connectivity index (χ3v) is 7.35. The first-order chi connectivity index (χ1) is 20.5. The molecule has 0 aromatic carbocycles. The van der Waals surface area contributed by atoms with E-state index in [-0.39, 0.29) is 32.2 Å². The van der Waals surface area contributed by atoms with Crippen molar-refractivity contribution in [2.24, 2.45) is 5.92 Å². The summed E-state index contributed by atoms with van der Waals surface area (Å²) in [4.78, 5) is 26.6. The van der Waals surface area contributed by atoms with Crippen molar-refractivity contribution in [3.63, 3.8) is 0 Å². The SMILES string of the molecule is CCCCCCCCOC(CCC(=O)OCC(CO)COC(=O)OCCCCN(CC)CC)OCCCCCCCC. The lowest BCUT2D eigenvalue weighted by atomic mass is 10.1. The van der Waals surface area contributed by atoms with Crippen LogP contribution in [-0.2, 0) is 28.5 Å². The van der Waals surface area contributed by atoms with E-state index in [1.165, 1.54) is 51.4 Å². The number of nitrogens with zero attached hydrogens (tertiary/aromatic N) is 1. The summed E-state index contributed by atoms with van der Waals surface area (Å²) in [7, 11) is 0. The zero-order chi connectivity index (χ0) is 31.1. The highest BCUT2D eigenvalue weighted by atomic mass is 16.7. The van der Waals surface area contributed by atoms with E-state index in [1.54, 1.807) is 0 Å². The maximum atomic E-state index is 12.4. The Hall–Kier alpha value is -1.42. The molecule has 0 amide bonds. The predicted molar refractivity (Wildman–Crippen MR) is 168 cm³/mol. The van der Waals surface area contributed by atoms with Crippen molar-refractivity contribution in [1.82, 2.24) is 4.90 Å². The first-order valence-corrected chi connectivity index (χ1v) is 17.0. The fraction of sp³-hybridized carbons (Fsp3) is 0.939. The molecule has 9 nitrogen and oxygen atoms in total. The zero-order valence-corrected chi connectivity index (χ0v) is 27.6. The van der Waals surface area contributed by atoms with Crippen molar-refractivity contribution >= 4 is 12.1 Å².